The van der Waals surface area contributed by atoms with Crippen LogP contribution < -0.4 is 15.0 Å². The average Bonchev–Trinajstić information content (AvgIpc) is 2.73. The van der Waals surface area contributed by atoms with Gasteiger partial charge in [0.1, 0.15) is 18.0 Å². The van der Waals surface area contributed by atoms with Gasteiger partial charge in [-0.3, -0.25) is 14.0 Å². The van der Waals surface area contributed by atoms with Crippen molar-refractivity contribution in [2.75, 3.05) is 13.2 Å². The molecule has 3 rings (SSSR count). The van der Waals surface area contributed by atoms with Gasteiger partial charge in [0.15, 0.2) is 0 Å². The van der Waals surface area contributed by atoms with E-state index in [9.17, 15) is 18.0 Å². The summed E-state index contributed by atoms with van der Waals surface area (Å²) in [6.45, 7) is 2.00. The Labute approximate surface area is 187 Å². The highest BCUT2D eigenvalue weighted by Crippen LogP contribution is 2.16. The molecule has 0 aliphatic carbocycles. The fourth-order valence-electron chi connectivity index (χ4n) is 2.68. The minimum Gasteiger partial charge on any atom is -0.494 e. The van der Waals surface area contributed by atoms with Crippen molar-refractivity contribution >= 4 is 37.6 Å². The molecule has 0 aliphatic heterocycles. The molecule has 0 spiro atoms. The smallest absolute Gasteiger partial charge is 0.307 e. The van der Waals surface area contributed by atoms with Crippen molar-refractivity contribution in [2.45, 2.75) is 24.8 Å². The number of hydrogen-bond donors (Lipinski definition) is 1. The van der Waals surface area contributed by atoms with E-state index in [0.717, 1.165) is 4.47 Å². The van der Waals surface area contributed by atoms with Gasteiger partial charge in [0.25, 0.3) is 5.56 Å². The van der Waals surface area contributed by atoms with Gasteiger partial charge in [-0.25, -0.2) is 18.1 Å². The quantitative estimate of drug-likeness (QED) is 0.439. The van der Waals surface area contributed by atoms with Crippen molar-refractivity contribution in [3.63, 3.8) is 0 Å². The maximum absolute atomic E-state index is 12.3. The molecule has 164 valence electrons. The van der Waals surface area contributed by atoms with Crippen LogP contribution in [0.25, 0.3) is 5.65 Å². The molecule has 0 radical (unpaired) electrons. The maximum atomic E-state index is 12.3. The van der Waals surface area contributed by atoms with E-state index in [-0.39, 0.29) is 30.0 Å². The van der Waals surface area contributed by atoms with Crippen LogP contribution in [0.15, 0.2) is 62.8 Å². The number of carbonyl (C=O) groups excluding carboxylic acids is 1. The summed E-state index contributed by atoms with van der Waals surface area (Å²) in [6, 6.07) is 10.7. The summed E-state index contributed by atoms with van der Waals surface area (Å²) in [7, 11) is -3.76. The molecule has 1 N–H and O–H groups in total. The normalized spacial score (nSPS) is 11.4. The first-order valence-corrected chi connectivity index (χ1v) is 11.6. The Morgan fingerprint density at radius 3 is 2.65 bits per heavy atom. The third-order valence-electron chi connectivity index (χ3n) is 4.12. The fraction of sp³-hybridized carbons (Fsp3) is 0.250. The van der Waals surface area contributed by atoms with Crippen LogP contribution in [0.1, 0.15) is 19.0 Å². The molecule has 0 saturated carbocycles. The predicted octanol–water partition coefficient (Wildman–Crippen LogP) is 2.27. The number of nitrogens with one attached hydrogen (secondary N) is 1. The molecule has 0 atom stereocenters. The number of fused-ring (bicyclic) bond motifs is 1. The summed E-state index contributed by atoms with van der Waals surface area (Å²) < 4.78 is 39.4. The molecule has 1 aromatic carbocycles. The SMILES string of the molecule is CCOc1ccc(S(=O)(=O)NCCC(=O)OCc2cc(=O)n3cc(Br)ccc3n2)cc1. The number of hydrogen-bond acceptors (Lipinski definition) is 7. The third kappa shape index (κ3) is 6.12. The second kappa shape index (κ2) is 10.0. The van der Waals surface area contributed by atoms with Crippen LogP contribution in [0, 0.1) is 0 Å². The number of esters is 1. The van der Waals surface area contributed by atoms with E-state index < -0.39 is 16.0 Å². The van der Waals surface area contributed by atoms with Crippen LogP contribution in [0.4, 0.5) is 0 Å². The van der Waals surface area contributed by atoms with Crippen molar-refractivity contribution in [1.29, 1.82) is 0 Å². The van der Waals surface area contributed by atoms with Crippen LogP contribution in [0.2, 0.25) is 0 Å². The summed E-state index contributed by atoms with van der Waals surface area (Å²) in [5.41, 5.74) is 0.418. The molecule has 9 nitrogen and oxygen atoms in total. The number of rotatable bonds is 9. The van der Waals surface area contributed by atoms with Crippen molar-refractivity contribution in [3.8, 4) is 5.75 Å². The first-order chi connectivity index (χ1) is 14.8. The predicted molar refractivity (Wildman–Crippen MR) is 116 cm³/mol. The average molecular weight is 510 g/mol. The van der Waals surface area contributed by atoms with Crippen molar-refractivity contribution < 1.29 is 22.7 Å². The van der Waals surface area contributed by atoms with Gasteiger partial charge in [0, 0.05) is 23.3 Å². The van der Waals surface area contributed by atoms with Crippen molar-refractivity contribution in [2.24, 2.45) is 0 Å². The number of pyridine rings is 1. The molecule has 2 heterocycles. The lowest BCUT2D eigenvalue weighted by Gasteiger charge is -2.09. The van der Waals surface area contributed by atoms with Crippen LogP contribution in [0.3, 0.4) is 0 Å². The Balaban J connectivity index is 1.51. The van der Waals surface area contributed by atoms with Crippen molar-refractivity contribution in [1.82, 2.24) is 14.1 Å². The Morgan fingerprint density at radius 2 is 1.94 bits per heavy atom. The molecule has 0 fully saturated rings. The van der Waals surface area contributed by atoms with Crippen LogP contribution in [-0.4, -0.2) is 36.9 Å². The van der Waals surface area contributed by atoms with E-state index in [1.807, 2.05) is 6.92 Å². The molecule has 2 aromatic heterocycles. The lowest BCUT2D eigenvalue weighted by Crippen LogP contribution is -2.26. The number of carbonyl (C=O) groups is 1. The summed E-state index contributed by atoms with van der Waals surface area (Å²) in [5, 5.41) is 0. The number of benzene rings is 1. The summed E-state index contributed by atoms with van der Waals surface area (Å²) >= 11 is 3.29. The highest BCUT2D eigenvalue weighted by molar-refractivity contribution is 9.10. The summed E-state index contributed by atoms with van der Waals surface area (Å²) in [4.78, 5) is 28.4. The van der Waals surface area contributed by atoms with E-state index in [4.69, 9.17) is 9.47 Å². The number of nitrogens with zero attached hydrogens (tertiary/aromatic N) is 2. The molecule has 0 saturated heterocycles. The van der Waals surface area contributed by atoms with Gasteiger partial charge in [-0.05, 0) is 59.3 Å². The number of halogens is 1. The standard InChI is InChI=1S/C20H20BrN3O6S/c1-2-29-16-4-6-17(7-5-16)31(27,28)22-10-9-20(26)30-13-15-11-19(25)24-12-14(21)3-8-18(24)23-15/h3-8,11-12,22H,2,9-10,13H2,1H3. The maximum Gasteiger partial charge on any atom is 0.307 e. The molecule has 0 aliphatic rings. The van der Waals surface area contributed by atoms with Crippen LogP contribution in [0.5, 0.6) is 5.75 Å². The van der Waals surface area contributed by atoms with Gasteiger partial charge in [-0.2, -0.15) is 0 Å². The molecule has 0 unspecified atom stereocenters. The molecular formula is C20H20BrN3O6S. The van der Waals surface area contributed by atoms with E-state index in [2.05, 4.69) is 25.6 Å². The number of sulfonamides is 1. The molecule has 0 amide bonds. The first kappa shape index (κ1) is 22.9. The molecule has 11 heteroatoms. The monoisotopic (exact) mass is 509 g/mol. The highest BCUT2D eigenvalue weighted by atomic mass is 79.9. The van der Waals surface area contributed by atoms with E-state index in [0.29, 0.717) is 23.7 Å². The van der Waals surface area contributed by atoms with Gasteiger partial charge >= 0.3 is 5.97 Å². The van der Waals surface area contributed by atoms with E-state index in [1.54, 1.807) is 30.5 Å². The van der Waals surface area contributed by atoms with Gasteiger partial charge in [0.05, 0.1) is 23.6 Å². The Hall–Kier alpha value is -2.76. The minimum absolute atomic E-state index is 0.0665. The van der Waals surface area contributed by atoms with E-state index in [1.165, 1.54) is 22.6 Å². The van der Waals surface area contributed by atoms with Crippen LogP contribution >= 0.6 is 15.9 Å². The Bertz CT molecular complexity index is 1240. The molecular weight excluding hydrogens is 490 g/mol. The Kier molecular flexibility index (Phi) is 7.42. The zero-order valence-electron chi connectivity index (χ0n) is 16.6. The van der Waals surface area contributed by atoms with Crippen molar-refractivity contribution in [3.05, 3.63) is 69.2 Å². The lowest BCUT2D eigenvalue weighted by molar-refractivity contribution is -0.144. The summed E-state index contributed by atoms with van der Waals surface area (Å²) in [6.07, 6.45) is 1.42. The molecule has 0 bridgehead atoms. The number of ether oxygens (including phenoxy) is 2. The third-order valence-corrected chi connectivity index (χ3v) is 6.07. The van der Waals surface area contributed by atoms with Crippen LogP contribution in [-0.2, 0) is 26.2 Å². The second-order valence-electron chi connectivity index (χ2n) is 6.37. The van der Waals surface area contributed by atoms with E-state index >= 15 is 0 Å². The zero-order valence-corrected chi connectivity index (χ0v) is 19.0. The minimum atomic E-state index is -3.76. The summed E-state index contributed by atoms with van der Waals surface area (Å²) in [5.74, 6) is -0.0493. The van der Waals surface area contributed by atoms with Gasteiger partial charge in [-0.15, -0.1) is 0 Å². The zero-order chi connectivity index (χ0) is 22.4. The molecule has 31 heavy (non-hydrogen) atoms. The first-order valence-electron chi connectivity index (χ1n) is 9.34. The lowest BCUT2D eigenvalue weighted by atomic mass is 10.3. The fourth-order valence-corrected chi connectivity index (χ4v) is 4.05. The molecule has 3 aromatic rings. The second-order valence-corrected chi connectivity index (χ2v) is 9.06. The Morgan fingerprint density at radius 1 is 1.19 bits per heavy atom. The topological polar surface area (TPSA) is 116 Å². The largest absolute Gasteiger partial charge is 0.494 e. The van der Waals surface area contributed by atoms with Gasteiger partial charge in [-0.1, -0.05) is 0 Å². The van der Waals surface area contributed by atoms with Gasteiger partial charge < -0.3 is 9.47 Å². The highest BCUT2D eigenvalue weighted by Gasteiger charge is 2.15. The van der Waals surface area contributed by atoms with Gasteiger partial charge in [0.2, 0.25) is 10.0 Å². The number of aromatic nitrogens is 2.